The lowest BCUT2D eigenvalue weighted by atomic mass is 10.0. The van der Waals surface area contributed by atoms with Crippen molar-refractivity contribution in [1.29, 1.82) is 0 Å². The van der Waals surface area contributed by atoms with Crippen molar-refractivity contribution in [3.63, 3.8) is 0 Å². The number of hydrogen-bond acceptors (Lipinski definition) is 3. The Morgan fingerprint density at radius 2 is 1.87 bits per heavy atom. The predicted molar refractivity (Wildman–Crippen MR) is 70.6 cm³/mol. The third kappa shape index (κ3) is 12.2. The Labute approximate surface area is 99.2 Å². The minimum atomic E-state index is 0.325. The van der Waals surface area contributed by atoms with Gasteiger partial charge in [-0.1, -0.05) is 13.8 Å². The normalized spacial score (nSPS) is 13.4. The fraction of sp³-hybridized carbons (Fsp3) is 1.00. The molecule has 0 bridgehead atoms. The van der Waals surface area contributed by atoms with Gasteiger partial charge in [0.2, 0.25) is 0 Å². The number of aliphatic hydroxyl groups is 1. The van der Waals surface area contributed by atoms with E-state index >= 15 is 0 Å². The lowest BCUT2D eigenvalue weighted by Crippen LogP contribution is -2.28. The fourth-order valence-corrected chi connectivity index (χ4v) is 2.13. The van der Waals surface area contributed by atoms with Gasteiger partial charge in [-0.2, -0.15) is 11.8 Å². The summed E-state index contributed by atoms with van der Waals surface area (Å²) < 4.78 is 0. The van der Waals surface area contributed by atoms with Gasteiger partial charge in [0.15, 0.2) is 0 Å². The molecule has 1 atom stereocenters. The molecule has 2 N–H and O–H groups in total. The molecule has 0 aliphatic carbocycles. The van der Waals surface area contributed by atoms with Crippen LogP contribution in [0.25, 0.3) is 0 Å². The van der Waals surface area contributed by atoms with Crippen LogP contribution in [-0.2, 0) is 0 Å². The number of aliphatic hydroxyl groups excluding tert-OH is 1. The lowest BCUT2D eigenvalue weighted by molar-refractivity contribution is 0.296. The molecular weight excluding hydrogens is 206 g/mol. The largest absolute Gasteiger partial charge is 0.396 e. The molecule has 0 fully saturated rings. The molecule has 0 aromatic carbocycles. The van der Waals surface area contributed by atoms with Crippen molar-refractivity contribution < 1.29 is 5.11 Å². The Hall–Kier alpha value is 0.270. The van der Waals surface area contributed by atoms with Crippen molar-refractivity contribution >= 4 is 11.8 Å². The summed E-state index contributed by atoms with van der Waals surface area (Å²) in [6.45, 7) is 8.23. The van der Waals surface area contributed by atoms with E-state index in [0.717, 1.165) is 30.4 Å². The van der Waals surface area contributed by atoms with Gasteiger partial charge in [-0.3, -0.25) is 0 Å². The first-order chi connectivity index (χ1) is 7.16. The molecule has 0 amide bonds. The van der Waals surface area contributed by atoms with E-state index in [-0.39, 0.29) is 0 Å². The smallest absolute Gasteiger partial charge is 0.0438 e. The standard InChI is InChI=1S/C12H27NOS/c1-11(2)5-6-12(3)13-7-10-15-9-4-8-14/h11-14H,4-10H2,1-3H3. The zero-order chi connectivity index (χ0) is 11.5. The third-order valence-corrected chi connectivity index (χ3v) is 3.43. The van der Waals surface area contributed by atoms with E-state index in [4.69, 9.17) is 5.11 Å². The Morgan fingerprint density at radius 3 is 2.47 bits per heavy atom. The van der Waals surface area contributed by atoms with Crippen LogP contribution in [0.1, 0.15) is 40.0 Å². The van der Waals surface area contributed by atoms with Crippen LogP contribution in [0.2, 0.25) is 0 Å². The minimum absolute atomic E-state index is 0.325. The summed E-state index contributed by atoms with van der Waals surface area (Å²) in [4.78, 5) is 0. The second-order valence-electron chi connectivity index (χ2n) is 4.52. The topological polar surface area (TPSA) is 32.3 Å². The maximum Gasteiger partial charge on any atom is 0.0438 e. The summed E-state index contributed by atoms with van der Waals surface area (Å²) in [7, 11) is 0. The molecule has 0 heterocycles. The highest BCUT2D eigenvalue weighted by Gasteiger charge is 2.02. The van der Waals surface area contributed by atoms with Gasteiger partial charge >= 0.3 is 0 Å². The summed E-state index contributed by atoms with van der Waals surface area (Å²) >= 11 is 1.92. The molecule has 0 aromatic heterocycles. The molecule has 2 nitrogen and oxygen atoms in total. The molecule has 0 aromatic rings. The van der Waals surface area contributed by atoms with Crippen LogP contribution in [0.3, 0.4) is 0 Å². The van der Waals surface area contributed by atoms with Crippen LogP contribution in [0.5, 0.6) is 0 Å². The van der Waals surface area contributed by atoms with Crippen molar-refractivity contribution in [2.24, 2.45) is 5.92 Å². The lowest BCUT2D eigenvalue weighted by Gasteiger charge is -2.14. The van der Waals surface area contributed by atoms with Crippen molar-refractivity contribution in [1.82, 2.24) is 5.32 Å². The average molecular weight is 233 g/mol. The van der Waals surface area contributed by atoms with E-state index in [9.17, 15) is 0 Å². The van der Waals surface area contributed by atoms with Crippen LogP contribution in [0.15, 0.2) is 0 Å². The molecule has 0 radical (unpaired) electrons. The highest BCUT2D eigenvalue weighted by Crippen LogP contribution is 2.06. The SMILES string of the molecule is CC(C)CCC(C)NCCSCCCO. The zero-order valence-electron chi connectivity index (χ0n) is 10.5. The molecule has 1 unspecified atom stereocenters. The minimum Gasteiger partial charge on any atom is -0.396 e. The van der Waals surface area contributed by atoms with Crippen molar-refractivity contribution in [2.75, 3.05) is 24.7 Å². The van der Waals surface area contributed by atoms with Gasteiger partial charge in [0.25, 0.3) is 0 Å². The highest BCUT2D eigenvalue weighted by molar-refractivity contribution is 7.99. The molecule has 0 saturated heterocycles. The zero-order valence-corrected chi connectivity index (χ0v) is 11.3. The number of rotatable bonds is 10. The van der Waals surface area contributed by atoms with Crippen LogP contribution in [0.4, 0.5) is 0 Å². The van der Waals surface area contributed by atoms with Gasteiger partial charge in [0, 0.05) is 24.9 Å². The van der Waals surface area contributed by atoms with Gasteiger partial charge < -0.3 is 10.4 Å². The Morgan fingerprint density at radius 1 is 1.13 bits per heavy atom. The number of hydrogen-bond donors (Lipinski definition) is 2. The highest BCUT2D eigenvalue weighted by atomic mass is 32.2. The van der Waals surface area contributed by atoms with E-state index in [2.05, 4.69) is 26.1 Å². The van der Waals surface area contributed by atoms with Crippen molar-refractivity contribution in [3.8, 4) is 0 Å². The second-order valence-corrected chi connectivity index (χ2v) is 5.74. The van der Waals surface area contributed by atoms with E-state index in [1.807, 2.05) is 11.8 Å². The van der Waals surface area contributed by atoms with Gasteiger partial charge in [0.1, 0.15) is 0 Å². The Kier molecular flexibility index (Phi) is 11.0. The summed E-state index contributed by atoms with van der Waals surface area (Å²) in [5.41, 5.74) is 0. The van der Waals surface area contributed by atoms with Crippen LogP contribution in [0, 0.1) is 5.92 Å². The van der Waals surface area contributed by atoms with Crippen LogP contribution >= 0.6 is 11.8 Å². The quantitative estimate of drug-likeness (QED) is 0.569. The summed E-state index contributed by atoms with van der Waals surface area (Å²) in [6.07, 6.45) is 3.51. The summed E-state index contributed by atoms with van der Waals surface area (Å²) in [5.74, 6) is 3.05. The van der Waals surface area contributed by atoms with Crippen LogP contribution < -0.4 is 5.32 Å². The average Bonchev–Trinajstić information content (AvgIpc) is 2.20. The fourth-order valence-electron chi connectivity index (χ4n) is 1.33. The van der Waals surface area contributed by atoms with Crippen LogP contribution in [-0.4, -0.2) is 35.8 Å². The van der Waals surface area contributed by atoms with E-state index < -0.39 is 0 Å². The molecule has 0 aliphatic heterocycles. The number of nitrogens with one attached hydrogen (secondary N) is 1. The first kappa shape index (κ1) is 15.3. The van der Waals surface area contributed by atoms with Gasteiger partial charge in [-0.15, -0.1) is 0 Å². The monoisotopic (exact) mass is 233 g/mol. The van der Waals surface area contributed by atoms with E-state index in [1.165, 1.54) is 12.8 Å². The summed E-state index contributed by atoms with van der Waals surface area (Å²) in [6, 6.07) is 0.644. The van der Waals surface area contributed by atoms with Crippen molar-refractivity contribution in [3.05, 3.63) is 0 Å². The molecule has 92 valence electrons. The molecular formula is C12H27NOS. The predicted octanol–water partition coefficient (Wildman–Crippen LogP) is 2.52. The molecule has 0 spiro atoms. The summed E-state index contributed by atoms with van der Waals surface area (Å²) in [5, 5.41) is 12.1. The van der Waals surface area contributed by atoms with Gasteiger partial charge in [-0.05, 0) is 37.9 Å². The Bertz CT molecular complexity index is 131. The first-order valence-electron chi connectivity index (χ1n) is 6.08. The molecule has 0 aliphatic rings. The number of thioether (sulfide) groups is 1. The second kappa shape index (κ2) is 10.8. The van der Waals surface area contributed by atoms with Gasteiger partial charge in [0.05, 0.1) is 0 Å². The maximum absolute atomic E-state index is 8.60. The molecule has 0 rings (SSSR count). The maximum atomic E-state index is 8.60. The van der Waals surface area contributed by atoms with Crippen molar-refractivity contribution in [2.45, 2.75) is 46.1 Å². The van der Waals surface area contributed by atoms with E-state index in [0.29, 0.717) is 12.6 Å². The van der Waals surface area contributed by atoms with E-state index in [1.54, 1.807) is 0 Å². The Balaban J connectivity index is 3.13. The third-order valence-electron chi connectivity index (χ3n) is 2.36. The first-order valence-corrected chi connectivity index (χ1v) is 7.24. The molecule has 0 saturated carbocycles. The molecule has 3 heteroatoms. The molecule has 15 heavy (non-hydrogen) atoms. The van der Waals surface area contributed by atoms with Gasteiger partial charge in [-0.25, -0.2) is 0 Å².